The molecule has 0 saturated carbocycles. The number of allylic oxidation sites excluding steroid dienone is 4. The highest BCUT2D eigenvalue weighted by atomic mass is 35.5. The summed E-state index contributed by atoms with van der Waals surface area (Å²) in [6.07, 6.45) is 4.42. The van der Waals surface area contributed by atoms with Crippen LogP contribution in [0.2, 0.25) is 0 Å². The van der Waals surface area contributed by atoms with Crippen molar-refractivity contribution >= 4 is 40.2 Å². The maximum atomic E-state index is 11.4. The molecule has 1 aliphatic rings. The molecule has 0 aromatic heterocycles. The summed E-state index contributed by atoms with van der Waals surface area (Å²) in [4.78, 5) is 18.2. The highest BCUT2D eigenvalue weighted by molar-refractivity contribution is 6.48. The lowest BCUT2D eigenvalue weighted by molar-refractivity contribution is -0.110. The van der Waals surface area contributed by atoms with Crippen molar-refractivity contribution in [1.82, 2.24) is 0 Å². The van der Waals surface area contributed by atoms with Crippen molar-refractivity contribution in [2.24, 2.45) is 4.99 Å². The van der Waals surface area contributed by atoms with Crippen LogP contribution in [0.5, 0.6) is 5.75 Å². The normalized spacial score (nSPS) is 15.6. The van der Waals surface area contributed by atoms with E-state index in [1.807, 2.05) is 19.1 Å². The highest BCUT2D eigenvalue weighted by Gasteiger charge is 2.15. The Morgan fingerprint density at radius 1 is 1.21 bits per heavy atom. The molecular weight excluding hydrogens is 326 g/mol. The minimum atomic E-state index is -0.143. The number of hydrogen-bond donors (Lipinski definition) is 1. The van der Waals surface area contributed by atoms with Gasteiger partial charge in [0.25, 0.3) is 0 Å². The molecule has 6 heteroatoms. The van der Waals surface area contributed by atoms with E-state index < -0.39 is 0 Å². The zero-order chi connectivity index (χ0) is 17.7. The summed E-state index contributed by atoms with van der Waals surface area (Å²) in [6.45, 7) is 8.19. The summed E-state index contributed by atoms with van der Waals surface area (Å²) in [5, 5.41) is 0.322. The number of ketones is 1. The number of nitrogens with two attached hydrogens (primary N) is 1. The molecule has 1 aromatic rings. The van der Waals surface area contributed by atoms with Gasteiger partial charge in [0, 0.05) is 25.2 Å². The van der Waals surface area contributed by atoms with Crippen LogP contribution in [-0.4, -0.2) is 31.2 Å². The molecule has 1 aliphatic carbocycles. The van der Waals surface area contributed by atoms with Gasteiger partial charge in [0.1, 0.15) is 5.75 Å². The molecular formula is C18H22ClN3O2. The molecule has 0 spiro atoms. The van der Waals surface area contributed by atoms with E-state index in [1.165, 1.54) is 12.2 Å². The molecule has 24 heavy (non-hydrogen) atoms. The Morgan fingerprint density at radius 2 is 1.92 bits per heavy atom. The molecule has 0 radical (unpaired) electrons. The molecule has 0 unspecified atom stereocenters. The molecule has 0 bridgehead atoms. The Balaban J connectivity index is 2.57. The van der Waals surface area contributed by atoms with Crippen molar-refractivity contribution in [3.05, 3.63) is 35.4 Å². The molecule has 128 valence electrons. The molecule has 2 N–H and O–H groups in total. The smallest absolute Gasteiger partial charge is 0.180 e. The molecule has 1 aromatic carbocycles. The van der Waals surface area contributed by atoms with Crippen LogP contribution in [0.3, 0.4) is 0 Å². The van der Waals surface area contributed by atoms with Gasteiger partial charge in [-0.1, -0.05) is 11.6 Å². The Bertz CT molecular complexity index is 719. The van der Waals surface area contributed by atoms with Gasteiger partial charge >= 0.3 is 0 Å². The Morgan fingerprint density at radius 3 is 2.50 bits per heavy atom. The number of carbonyl (C=O) groups excluding carboxylic acids is 1. The summed E-state index contributed by atoms with van der Waals surface area (Å²) in [7, 11) is 0. The molecule has 0 aliphatic heterocycles. The first-order chi connectivity index (χ1) is 11.5. The molecule has 0 atom stereocenters. The zero-order valence-electron chi connectivity index (χ0n) is 14.2. The molecule has 5 nitrogen and oxygen atoms in total. The summed E-state index contributed by atoms with van der Waals surface area (Å²) in [5.41, 5.74) is 8.82. The SMILES string of the molecule is CCOc1cc(N=C2C=CC(=O)C=C2Cl)c(N(CC)CC)cc1N. The third-order valence-electron chi connectivity index (χ3n) is 3.67. The Labute approximate surface area is 147 Å². The number of anilines is 2. The lowest BCUT2D eigenvalue weighted by Crippen LogP contribution is -2.22. The van der Waals surface area contributed by atoms with Crippen molar-refractivity contribution in [2.45, 2.75) is 20.8 Å². The molecule has 0 saturated heterocycles. The molecule has 2 rings (SSSR count). The fraction of sp³-hybridized carbons (Fsp3) is 0.333. The minimum absolute atomic E-state index is 0.143. The van der Waals surface area contributed by atoms with Gasteiger partial charge in [-0.15, -0.1) is 0 Å². The second-order valence-corrected chi connectivity index (χ2v) is 5.62. The number of halogens is 1. The lowest BCUT2D eigenvalue weighted by Gasteiger charge is -2.24. The first-order valence-electron chi connectivity index (χ1n) is 7.99. The summed E-state index contributed by atoms with van der Waals surface area (Å²) in [5.74, 6) is 0.443. The molecule has 0 heterocycles. The van der Waals surface area contributed by atoms with E-state index in [-0.39, 0.29) is 5.78 Å². The monoisotopic (exact) mass is 347 g/mol. The van der Waals surface area contributed by atoms with Crippen LogP contribution in [0.1, 0.15) is 20.8 Å². The van der Waals surface area contributed by atoms with Gasteiger partial charge in [-0.2, -0.15) is 0 Å². The number of rotatable bonds is 6. The van der Waals surface area contributed by atoms with Crippen LogP contribution in [0.4, 0.5) is 17.1 Å². The third kappa shape index (κ3) is 3.97. The van der Waals surface area contributed by atoms with Gasteiger partial charge < -0.3 is 15.4 Å². The number of carbonyl (C=O) groups is 1. The van der Waals surface area contributed by atoms with E-state index in [1.54, 1.807) is 6.08 Å². The van der Waals surface area contributed by atoms with Crippen molar-refractivity contribution in [3.63, 3.8) is 0 Å². The number of benzene rings is 1. The molecule has 0 fully saturated rings. The first-order valence-corrected chi connectivity index (χ1v) is 8.37. The van der Waals surface area contributed by atoms with Gasteiger partial charge in [0.05, 0.1) is 34.4 Å². The quantitative estimate of drug-likeness (QED) is 0.627. The maximum Gasteiger partial charge on any atom is 0.180 e. The Hall–Kier alpha value is -2.27. The average Bonchev–Trinajstić information content (AvgIpc) is 2.55. The van der Waals surface area contributed by atoms with Gasteiger partial charge in [0.15, 0.2) is 5.78 Å². The summed E-state index contributed by atoms with van der Waals surface area (Å²) in [6, 6.07) is 3.68. The van der Waals surface area contributed by atoms with Gasteiger partial charge in [0.2, 0.25) is 0 Å². The zero-order valence-corrected chi connectivity index (χ0v) is 14.9. The molecule has 0 amide bonds. The number of aliphatic imine (C=N–C) groups is 1. The van der Waals surface area contributed by atoms with E-state index >= 15 is 0 Å². The van der Waals surface area contributed by atoms with E-state index in [0.717, 1.165) is 18.8 Å². The number of nitrogens with zero attached hydrogens (tertiary/aromatic N) is 2. The maximum absolute atomic E-state index is 11.4. The predicted octanol–water partition coefficient (Wildman–Crippen LogP) is 3.85. The van der Waals surface area contributed by atoms with Gasteiger partial charge in [-0.3, -0.25) is 4.79 Å². The first kappa shape index (κ1) is 18.1. The second-order valence-electron chi connectivity index (χ2n) is 5.21. The second kappa shape index (κ2) is 8.02. The van der Waals surface area contributed by atoms with Crippen molar-refractivity contribution in [2.75, 3.05) is 30.3 Å². The number of ether oxygens (including phenoxy) is 1. The van der Waals surface area contributed by atoms with Crippen LogP contribution in [0, 0.1) is 0 Å². The third-order valence-corrected chi connectivity index (χ3v) is 3.97. The average molecular weight is 348 g/mol. The largest absolute Gasteiger partial charge is 0.492 e. The van der Waals surface area contributed by atoms with Crippen LogP contribution in [-0.2, 0) is 4.79 Å². The van der Waals surface area contributed by atoms with Crippen molar-refractivity contribution < 1.29 is 9.53 Å². The van der Waals surface area contributed by atoms with Crippen LogP contribution < -0.4 is 15.4 Å². The fourth-order valence-electron chi connectivity index (χ4n) is 2.47. The summed E-state index contributed by atoms with van der Waals surface area (Å²) < 4.78 is 5.58. The van der Waals surface area contributed by atoms with E-state index in [2.05, 4.69) is 23.7 Å². The van der Waals surface area contributed by atoms with Crippen molar-refractivity contribution in [3.8, 4) is 5.75 Å². The predicted molar refractivity (Wildman–Crippen MR) is 101 cm³/mol. The van der Waals surface area contributed by atoms with E-state index in [9.17, 15) is 4.79 Å². The van der Waals surface area contributed by atoms with Crippen LogP contribution in [0.15, 0.2) is 40.4 Å². The van der Waals surface area contributed by atoms with Gasteiger partial charge in [-0.25, -0.2) is 4.99 Å². The van der Waals surface area contributed by atoms with E-state index in [0.29, 0.717) is 34.5 Å². The van der Waals surface area contributed by atoms with E-state index in [4.69, 9.17) is 22.1 Å². The van der Waals surface area contributed by atoms with Crippen LogP contribution in [0.25, 0.3) is 0 Å². The van der Waals surface area contributed by atoms with Gasteiger partial charge in [-0.05, 0) is 39.0 Å². The highest BCUT2D eigenvalue weighted by Crippen LogP contribution is 2.38. The standard InChI is InChI=1S/C18H22ClN3O2/c1-4-22(5-2)17-10-14(20)18(24-6-3)11-16(17)21-15-8-7-12(23)9-13(15)19/h7-11H,4-6,20H2,1-3H3. The number of hydrogen-bond acceptors (Lipinski definition) is 5. The summed E-state index contributed by atoms with van der Waals surface area (Å²) >= 11 is 6.15. The Kier molecular flexibility index (Phi) is 6.04. The van der Waals surface area contributed by atoms with Crippen molar-refractivity contribution in [1.29, 1.82) is 0 Å². The minimum Gasteiger partial charge on any atom is -0.492 e. The lowest BCUT2D eigenvalue weighted by atomic mass is 10.1. The topological polar surface area (TPSA) is 67.9 Å². The van der Waals surface area contributed by atoms with Crippen LogP contribution >= 0.6 is 11.6 Å². The fourth-order valence-corrected chi connectivity index (χ4v) is 2.68. The number of nitrogen functional groups attached to an aromatic ring is 1.